The van der Waals surface area contributed by atoms with Gasteiger partial charge >= 0.3 is 6.18 Å². The van der Waals surface area contributed by atoms with Crippen LogP contribution in [0.3, 0.4) is 0 Å². The number of amides is 1. The Morgan fingerprint density at radius 1 is 1.12 bits per heavy atom. The van der Waals surface area contributed by atoms with E-state index < -0.39 is 30.8 Å². The lowest BCUT2D eigenvalue weighted by Crippen LogP contribution is -2.57. The molecule has 1 atom stereocenters. The summed E-state index contributed by atoms with van der Waals surface area (Å²) < 4.78 is 45.5. The summed E-state index contributed by atoms with van der Waals surface area (Å²) in [5.74, 6) is -0.775. The molecule has 1 aliphatic rings. The van der Waals surface area contributed by atoms with Gasteiger partial charge in [0.15, 0.2) is 6.61 Å². The summed E-state index contributed by atoms with van der Waals surface area (Å²) in [4.78, 5) is 12.3. The van der Waals surface area contributed by atoms with Crippen LogP contribution >= 0.6 is 0 Å². The van der Waals surface area contributed by atoms with Gasteiger partial charge in [-0.15, -0.1) is 0 Å². The molecule has 0 bridgehead atoms. The first-order valence-electron chi connectivity index (χ1n) is 7.74. The summed E-state index contributed by atoms with van der Waals surface area (Å²) in [5, 5.41) is 14.0. The first-order chi connectivity index (χ1) is 12.3. The van der Waals surface area contributed by atoms with Gasteiger partial charge in [0.2, 0.25) is 0 Å². The molecule has 0 fully saturated rings. The number of carbonyl (C=O) groups excluding carboxylic acids is 1. The van der Waals surface area contributed by atoms with E-state index in [0.29, 0.717) is 11.3 Å². The van der Waals surface area contributed by atoms with Crippen LogP contribution in [0.2, 0.25) is 0 Å². The van der Waals surface area contributed by atoms with Gasteiger partial charge in [0.25, 0.3) is 11.6 Å². The third kappa shape index (κ3) is 3.41. The Bertz CT molecular complexity index is 809. The fraction of sp³-hybridized carbons (Fsp3) is 0.222. The number of nitrogens with zero attached hydrogens (tertiary/aromatic N) is 2. The van der Waals surface area contributed by atoms with Crippen LogP contribution in [0.4, 0.5) is 13.2 Å². The summed E-state index contributed by atoms with van der Waals surface area (Å²) in [6.45, 7) is -0.687. The van der Waals surface area contributed by atoms with Crippen molar-refractivity contribution < 1.29 is 27.8 Å². The predicted octanol–water partition coefficient (Wildman–Crippen LogP) is 2.95. The fourth-order valence-corrected chi connectivity index (χ4v) is 2.54. The number of carbonyl (C=O) groups is 1. The fourth-order valence-electron chi connectivity index (χ4n) is 2.54. The van der Waals surface area contributed by atoms with E-state index in [1.165, 1.54) is 0 Å². The zero-order valence-electron chi connectivity index (χ0n) is 13.5. The molecule has 1 unspecified atom stereocenters. The lowest BCUT2D eigenvalue weighted by molar-refractivity contribution is -0.302. The number of aliphatic hydroxyl groups is 1. The highest BCUT2D eigenvalue weighted by molar-refractivity contribution is 6.03. The van der Waals surface area contributed by atoms with Crippen LogP contribution in [0.25, 0.3) is 0 Å². The van der Waals surface area contributed by atoms with Crippen LogP contribution in [0, 0.1) is 0 Å². The molecule has 1 amide bonds. The van der Waals surface area contributed by atoms with Crippen molar-refractivity contribution in [1.82, 2.24) is 5.01 Å². The van der Waals surface area contributed by atoms with Crippen molar-refractivity contribution in [2.45, 2.75) is 18.3 Å². The van der Waals surface area contributed by atoms with Gasteiger partial charge in [-0.2, -0.15) is 23.3 Å². The van der Waals surface area contributed by atoms with E-state index in [1.807, 2.05) is 0 Å². The van der Waals surface area contributed by atoms with E-state index in [1.54, 1.807) is 60.7 Å². The molecular formula is C18H15F3N2O3. The van der Waals surface area contributed by atoms with Crippen molar-refractivity contribution >= 4 is 11.6 Å². The molecule has 1 heterocycles. The first kappa shape index (κ1) is 17.9. The van der Waals surface area contributed by atoms with E-state index in [4.69, 9.17) is 4.74 Å². The van der Waals surface area contributed by atoms with E-state index in [2.05, 4.69) is 5.10 Å². The minimum absolute atomic E-state index is 0.0292. The quantitative estimate of drug-likeness (QED) is 0.907. The van der Waals surface area contributed by atoms with Gasteiger partial charge < -0.3 is 9.84 Å². The monoisotopic (exact) mass is 364 g/mol. The third-order valence-electron chi connectivity index (χ3n) is 3.89. The van der Waals surface area contributed by atoms with Gasteiger partial charge in [0.05, 0.1) is 12.1 Å². The molecule has 0 saturated carbocycles. The van der Waals surface area contributed by atoms with Gasteiger partial charge in [0.1, 0.15) is 5.75 Å². The summed E-state index contributed by atoms with van der Waals surface area (Å²) in [5.41, 5.74) is -3.04. The number of ether oxygens (including phenoxy) is 1. The number of benzene rings is 2. The highest BCUT2D eigenvalue weighted by Gasteiger charge is 2.63. The molecule has 0 aromatic heterocycles. The molecule has 1 aliphatic heterocycles. The Morgan fingerprint density at radius 2 is 1.69 bits per heavy atom. The van der Waals surface area contributed by atoms with Crippen LogP contribution < -0.4 is 4.74 Å². The minimum atomic E-state index is -5.07. The molecule has 2 aromatic rings. The molecule has 1 N–H and O–H groups in total. The number of para-hydroxylation sites is 1. The normalized spacial score (nSPS) is 20.0. The van der Waals surface area contributed by atoms with Gasteiger partial charge in [0, 0.05) is 0 Å². The van der Waals surface area contributed by atoms with Gasteiger partial charge in [-0.25, -0.2) is 0 Å². The average Bonchev–Trinajstić information content (AvgIpc) is 3.00. The number of hydrogen-bond donors (Lipinski definition) is 1. The lowest BCUT2D eigenvalue weighted by atomic mass is 10.0. The second-order valence-corrected chi connectivity index (χ2v) is 5.71. The summed E-state index contributed by atoms with van der Waals surface area (Å²) in [7, 11) is 0. The molecule has 2 aromatic carbocycles. The highest BCUT2D eigenvalue weighted by Crippen LogP contribution is 2.41. The summed E-state index contributed by atoms with van der Waals surface area (Å²) in [6.07, 6.45) is -5.92. The Kier molecular flexibility index (Phi) is 4.69. The maximum atomic E-state index is 13.4. The molecule has 8 heteroatoms. The molecule has 0 radical (unpaired) electrons. The zero-order valence-corrected chi connectivity index (χ0v) is 13.5. The van der Waals surface area contributed by atoms with Crippen molar-refractivity contribution in [2.75, 3.05) is 6.61 Å². The first-order valence-corrected chi connectivity index (χ1v) is 7.74. The second-order valence-electron chi connectivity index (χ2n) is 5.71. The van der Waals surface area contributed by atoms with Crippen LogP contribution in [0.1, 0.15) is 12.0 Å². The molecule has 0 spiro atoms. The molecular weight excluding hydrogens is 349 g/mol. The van der Waals surface area contributed by atoms with E-state index >= 15 is 0 Å². The topological polar surface area (TPSA) is 62.1 Å². The predicted molar refractivity (Wildman–Crippen MR) is 87.4 cm³/mol. The Hall–Kier alpha value is -2.87. The van der Waals surface area contributed by atoms with Crippen molar-refractivity contribution in [3.63, 3.8) is 0 Å². The minimum Gasteiger partial charge on any atom is -0.484 e. The van der Waals surface area contributed by atoms with Gasteiger partial charge in [-0.3, -0.25) is 4.79 Å². The van der Waals surface area contributed by atoms with Crippen LogP contribution in [0.5, 0.6) is 5.75 Å². The van der Waals surface area contributed by atoms with E-state index in [-0.39, 0.29) is 10.7 Å². The maximum absolute atomic E-state index is 13.4. The maximum Gasteiger partial charge on any atom is 0.438 e. The number of hydrazone groups is 1. The van der Waals surface area contributed by atoms with E-state index in [0.717, 1.165) is 0 Å². The van der Waals surface area contributed by atoms with Crippen LogP contribution in [-0.4, -0.2) is 40.2 Å². The van der Waals surface area contributed by atoms with Gasteiger partial charge in [-0.1, -0.05) is 48.5 Å². The van der Waals surface area contributed by atoms with Gasteiger partial charge in [-0.05, 0) is 17.7 Å². The third-order valence-corrected chi connectivity index (χ3v) is 3.89. The van der Waals surface area contributed by atoms with Crippen molar-refractivity contribution in [3.05, 3.63) is 66.2 Å². The Labute approximate surface area is 147 Å². The SMILES string of the molecule is O=C(COc1ccccc1)N1N=C(c2ccccc2)CC1(O)C(F)(F)F. The molecule has 5 nitrogen and oxygen atoms in total. The zero-order chi connectivity index (χ0) is 18.8. The molecule has 0 saturated heterocycles. The Balaban J connectivity index is 1.85. The van der Waals surface area contributed by atoms with Crippen molar-refractivity contribution in [1.29, 1.82) is 0 Å². The summed E-state index contributed by atoms with van der Waals surface area (Å²) in [6, 6.07) is 16.3. The molecule has 26 heavy (non-hydrogen) atoms. The van der Waals surface area contributed by atoms with E-state index in [9.17, 15) is 23.1 Å². The number of alkyl halides is 3. The standard InChI is InChI=1S/C18H15F3N2O3/c19-18(20,21)17(25)11-15(13-7-3-1-4-8-13)22-23(17)16(24)12-26-14-9-5-2-6-10-14/h1-10,25H,11-12H2. The number of rotatable bonds is 4. The smallest absolute Gasteiger partial charge is 0.438 e. The van der Waals surface area contributed by atoms with Crippen molar-refractivity contribution in [2.24, 2.45) is 5.10 Å². The Morgan fingerprint density at radius 3 is 2.27 bits per heavy atom. The largest absolute Gasteiger partial charge is 0.484 e. The molecule has 136 valence electrons. The lowest BCUT2D eigenvalue weighted by Gasteiger charge is -2.32. The van der Waals surface area contributed by atoms with Crippen LogP contribution in [0.15, 0.2) is 65.8 Å². The second kappa shape index (κ2) is 6.80. The van der Waals surface area contributed by atoms with Crippen LogP contribution in [-0.2, 0) is 4.79 Å². The van der Waals surface area contributed by atoms with Crippen molar-refractivity contribution in [3.8, 4) is 5.75 Å². The average molecular weight is 364 g/mol. The number of hydrogen-bond acceptors (Lipinski definition) is 4. The number of halogens is 3. The highest BCUT2D eigenvalue weighted by atomic mass is 19.4. The summed E-state index contributed by atoms with van der Waals surface area (Å²) >= 11 is 0. The molecule has 3 rings (SSSR count). The molecule has 0 aliphatic carbocycles.